The summed E-state index contributed by atoms with van der Waals surface area (Å²) < 4.78 is 1.88. The summed E-state index contributed by atoms with van der Waals surface area (Å²) >= 11 is 1.51. The summed E-state index contributed by atoms with van der Waals surface area (Å²) in [6.45, 7) is 0. The third-order valence-electron chi connectivity index (χ3n) is 3.69. The van der Waals surface area contributed by atoms with Gasteiger partial charge in [0.2, 0.25) is 5.78 Å². The molecule has 0 N–H and O–H groups in total. The Balaban J connectivity index is 1.61. The second kappa shape index (κ2) is 6.75. The molecular formula is C19H13N5S. The van der Waals surface area contributed by atoms with Crippen molar-refractivity contribution in [1.29, 1.82) is 5.26 Å². The van der Waals surface area contributed by atoms with E-state index in [2.05, 4.69) is 21.0 Å². The van der Waals surface area contributed by atoms with Crippen LogP contribution >= 0.6 is 11.8 Å². The quantitative estimate of drug-likeness (QED) is 0.525. The molecule has 0 radical (unpaired) electrons. The van der Waals surface area contributed by atoms with Crippen LogP contribution in [0.25, 0.3) is 17.0 Å². The molecule has 0 saturated carbocycles. The smallest absolute Gasteiger partial charge is 0.233 e. The summed E-state index contributed by atoms with van der Waals surface area (Å²) in [5, 5.41) is 10.1. The minimum Gasteiger partial charge on any atom is -0.291 e. The number of nitriles is 1. The molecule has 0 amide bonds. The van der Waals surface area contributed by atoms with Gasteiger partial charge in [-0.25, -0.2) is 15.0 Å². The van der Waals surface area contributed by atoms with Crippen LogP contribution in [0, 0.1) is 11.3 Å². The number of thioether (sulfide) groups is 1. The summed E-state index contributed by atoms with van der Waals surface area (Å²) in [5.41, 5.74) is 3.37. The van der Waals surface area contributed by atoms with E-state index in [1.54, 1.807) is 6.20 Å². The van der Waals surface area contributed by atoms with Crippen LogP contribution < -0.4 is 0 Å². The van der Waals surface area contributed by atoms with Gasteiger partial charge >= 0.3 is 0 Å². The Morgan fingerprint density at radius 3 is 2.72 bits per heavy atom. The number of aromatic nitrogens is 4. The van der Waals surface area contributed by atoms with Gasteiger partial charge in [0, 0.05) is 29.9 Å². The molecule has 3 aromatic heterocycles. The largest absolute Gasteiger partial charge is 0.291 e. The zero-order valence-electron chi connectivity index (χ0n) is 13.2. The molecule has 0 aliphatic carbocycles. The summed E-state index contributed by atoms with van der Waals surface area (Å²) in [7, 11) is 0. The van der Waals surface area contributed by atoms with E-state index in [1.165, 1.54) is 11.8 Å². The second-order valence-electron chi connectivity index (χ2n) is 5.37. The van der Waals surface area contributed by atoms with Crippen molar-refractivity contribution < 1.29 is 0 Å². The second-order valence-corrected chi connectivity index (χ2v) is 6.34. The number of hydrogen-bond acceptors (Lipinski definition) is 5. The van der Waals surface area contributed by atoms with Crippen LogP contribution in [0.3, 0.4) is 0 Å². The Morgan fingerprint density at radius 2 is 1.92 bits per heavy atom. The number of fused-ring (bicyclic) bond motifs is 1. The van der Waals surface area contributed by atoms with E-state index in [0.29, 0.717) is 22.1 Å². The third-order valence-corrected chi connectivity index (χ3v) is 4.72. The monoisotopic (exact) mass is 343 g/mol. The number of imidazole rings is 1. The first-order valence-corrected chi connectivity index (χ1v) is 8.70. The van der Waals surface area contributed by atoms with Gasteiger partial charge in [0.1, 0.15) is 11.1 Å². The maximum Gasteiger partial charge on any atom is 0.233 e. The zero-order chi connectivity index (χ0) is 17.1. The van der Waals surface area contributed by atoms with Gasteiger partial charge in [0.05, 0.1) is 17.0 Å². The number of rotatable bonds is 4. The maximum atomic E-state index is 9.36. The molecule has 0 aliphatic heterocycles. The van der Waals surface area contributed by atoms with Gasteiger partial charge in [-0.05, 0) is 18.2 Å². The first-order chi connectivity index (χ1) is 12.3. The average Bonchev–Trinajstić information content (AvgIpc) is 3.10. The summed E-state index contributed by atoms with van der Waals surface area (Å²) in [6, 6.07) is 17.7. The minimum absolute atomic E-state index is 0.576. The molecule has 120 valence electrons. The molecule has 0 unspecified atom stereocenters. The first-order valence-electron chi connectivity index (χ1n) is 7.71. The lowest BCUT2D eigenvalue weighted by molar-refractivity contribution is 1.11. The number of nitrogens with zero attached hydrogens (tertiary/aromatic N) is 5. The predicted octanol–water partition coefficient (Wildman–Crippen LogP) is 3.96. The van der Waals surface area contributed by atoms with Crippen LogP contribution in [0.15, 0.2) is 72.1 Å². The van der Waals surface area contributed by atoms with Gasteiger partial charge in [-0.3, -0.25) is 4.40 Å². The van der Waals surface area contributed by atoms with Crippen molar-refractivity contribution in [1.82, 2.24) is 19.4 Å². The Morgan fingerprint density at radius 1 is 1.04 bits per heavy atom. The van der Waals surface area contributed by atoms with Crippen molar-refractivity contribution in [2.24, 2.45) is 0 Å². The molecule has 25 heavy (non-hydrogen) atoms. The van der Waals surface area contributed by atoms with Crippen LogP contribution in [0.1, 0.15) is 11.3 Å². The average molecular weight is 343 g/mol. The van der Waals surface area contributed by atoms with Crippen molar-refractivity contribution in [2.45, 2.75) is 10.8 Å². The molecular weight excluding hydrogens is 330 g/mol. The molecule has 0 aliphatic rings. The molecule has 0 atom stereocenters. The molecule has 5 nitrogen and oxygen atoms in total. The van der Waals surface area contributed by atoms with E-state index in [9.17, 15) is 5.26 Å². The molecule has 0 bridgehead atoms. The summed E-state index contributed by atoms with van der Waals surface area (Å²) in [4.78, 5) is 13.4. The van der Waals surface area contributed by atoms with Gasteiger partial charge in [-0.15, -0.1) is 0 Å². The van der Waals surface area contributed by atoms with Crippen LogP contribution in [0.2, 0.25) is 0 Å². The highest BCUT2D eigenvalue weighted by atomic mass is 32.2. The summed E-state index contributed by atoms with van der Waals surface area (Å²) in [6.07, 6.45) is 5.58. The van der Waals surface area contributed by atoms with Crippen molar-refractivity contribution in [2.75, 3.05) is 0 Å². The molecule has 0 fully saturated rings. The van der Waals surface area contributed by atoms with E-state index < -0.39 is 0 Å². The highest BCUT2D eigenvalue weighted by Crippen LogP contribution is 2.27. The van der Waals surface area contributed by atoms with Gasteiger partial charge < -0.3 is 0 Å². The Bertz CT molecular complexity index is 1030. The molecule has 4 rings (SSSR count). The molecule has 0 saturated heterocycles. The van der Waals surface area contributed by atoms with E-state index >= 15 is 0 Å². The molecule has 1 aromatic carbocycles. The highest BCUT2D eigenvalue weighted by Gasteiger charge is 2.10. The fraction of sp³-hybridized carbons (Fsp3) is 0.0526. The fourth-order valence-corrected chi connectivity index (χ4v) is 3.35. The van der Waals surface area contributed by atoms with Crippen LogP contribution in [0.5, 0.6) is 0 Å². The Kier molecular flexibility index (Phi) is 4.15. The Labute approximate surface area is 149 Å². The van der Waals surface area contributed by atoms with Crippen molar-refractivity contribution >= 4 is 17.5 Å². The van der Waals surface area contributed by atoms with E-state index in [-0.39, 0.29) is 0 Å². The highest BCUT2D eigenvalue weighted by molar-refractivity contribution is 7.98. The third kappa shape index (κ3) is 3.23. The normalized spacial score (nSPS) is 10.7. The van der Waals surface area contributed by atoms with Gasteiger partial charge in [-0.1, -0.05) is 42.1 Å². The zero-order valence-corrected chi connectivity index (χ0v) is 14.0. The predicted molar refractivity (Wildman–Crippen MR) is 96.9 cm³/mol. The first kappa shape index (κ1) is 15.4. The van der Waals surface area contributed by atoms with Gasteiger partial charge in [0.15, 0.2) is 0 Å². The van der Waals surface area contributed by atoms with Crippen LogP contribution in [0.4, 0.5) is 0 Å². The minimum atomic E-state index is 0.576. The van der Waals surface area contributed by atoms with Gasteiger partial charge in [-0.2, -0.15) is 5.26 Å². The summed E-state index contributed by atoms with van der Waals surface area (Å²) in [5.74, 6) is 1.30. The van der Waals surface area contributed by atoms with Crippen molar-refractivity contribution in [3.05, 3.63) is 78.4 Å². The molecule has 3 heterocycles. The Hall–Kier alpha value is -3.17. The molecule has 0 spiro atoms. The van der Waals surface area contributed by atoms with E-state index in [4.69, 9.17) is 0 Å². The van der Waals surface area contributed by atoms with Crippen LogP contribution in [-0.4, -0.2) is 19.4 Å². The van der Waals surface area contributed by atoms with Gasteiger partial charge in [0.25, 0.3) is 0 Å². The number of pyridine rings is 1. The topological polar surface area (TPSA) is 66.9 Å². The molecule has 4 aromatic rings. The van der Waals surface area contributed by atoms with Crippen LogP contribution in [-0.2, 0) is 5.75 Å². The SMILES string of the molecule is N#Cc1ccc(-c2ccccc2)nc1SCc1cn2cccnc2n1. The lowest BCUT2D eigenvalue weighted by Gasteiger charge is -2.06. The number of hydrogen-bond donors (Lipinski definition) is 0. The van der Waals surface area contributed by atoms with E-state index in [1.807, 2.05) is 65.3 Å². The van der Waals surface area contributed by atoms with E-state index in [0.717, 1.165) is 17.0 Å². The lowest BCUT2D eigenvalue weighted by atomic mass is 10.1. The van der Waals surface area contributed by atoms with Crippen molar-refractivity contribution in [3.8, 4) is 17.3 Å². The fourth-order valence-electron chi connectivity index (χ4n) is 2.50. The lowest BCUT2D eigenvalue weighted by Crippen LogP contribution is -1.91. The van der Waals surface area contributed by atoms with Crippen molar-refractivity contribution in [3.63, 3.8) is 0 Å². The standard InChI is InChI=1S/C19H13N5S/c20-11-15-7-8-17(14-5-2-1-3-6-14)23-18(15)25-13-16-12-24-10-4-9-21-19(24)22-16/h1-10,12H,13H2. The maximum absolute atomic E-state index is 9.36. The molecule has 6 heteroatoms. The number of benzene rings is 1.